The Morgan fingerprint density at radius 3 is 2.69 bits per heavy atom. The van der Waals surface area contributed by atoms with Gasteiger partial charge in [0.15, 0.2) is 9.84 Å². The Hall–Kier alpha value is -0.940. The lowest BCUT2D eigenvalue weighted by molar-refractivity contribution is 0.601. The average Bonchev–Trinajstić information content (AvgIpc) is 2.16. The maximum absolute atomic E-state index is 11.2. The van der Waals surface area contributed by atoms with Crippen molar-refractivity contribution in [2.45, 2.75) is 5.75 Å². The molecule has 3 nitrogen and oxygen atoms in total. The van der Waals surface area contributed by atoms with Crippen molar-refractivity contribution in [3.8, 4) is 0 Å². The lowest BCUT2D eigenvalue weighted by Crippen LogP contribution is -2.00. The summed E-state index contributed by atoms with van der Waals surface area (Å²) in [6, 6.07) is 9.24. The second kappa shape index (κ2) is 4.14. The Balaban J connectivity index is 2.49. The van der Waals surface area contributed by atoms with E-state index in [0.29, 0.717) is 0 Å². The first-order valence-electron chi connectivity index (χ1n) is 4.67. The largest absolute Gasteiger partial charge is 0.241 e. The minimum absolute atomic E-state index is 0.0685. The van der Waals surface area contributed by atoms with Crippen LogP contribution in [-0.2, 0) is 15.6 Å². The van der Waals surface area contributed by atoms with Crippen molar-refractivity contribution in [1.82, 2.24) is 4.98 Å². The van der Waals surface area contributed by atoms with E-state index in [9.17, 15) is 8.42 Å². The quantitative estimate of drug-likeness (QED) is 0.801. The molecule has 84 valence electrons. The highest BCUT2D eigenvalue weighted by Crippen LogP contribution is 2.18. The van der Waals surface area contributed by atoms with E-state index in [0.717, 1.165) is 21.1 Å². The number of halogens is 1. The van der Waals surface area contributed by atoms with E-state index in [2.05, 4.69) is 20.9 Å². The SMILES string of the molecule is CS(=O)(=O)Cc1ccc2nc(Br)ccc2c1. The Morgan fingerprint density at radius 1 is 1.25 bits per heavy atom. The molecule has 5 heteroatoms. The molecule has 1 aromatic carbocycles. The fourth-order valence-electron chi connectivity index (χ4n) is 1.54. The Labute approximate surface area is 103 Å². The van der Waals surface area contributed by atoms with Gasteiger partial charge in [0.25, 0.3) is 0 Å². The molecule has 0 saturated heterocycles. The molecule has 0 amide bonds. The van der Waals surface area contributed by atoms with Gasteiger partial charge in [-0.2, -0.15) is 0 Å². The fourth-order valence-corrected chi connectivity index (χ4v) is 2.65. The highest BCUT2D eigenvalue weighted by Gasteiger charge is 2.05. The Morgan fingerprint density at radius 2 is 2.00 bits per heavy atom. The zero-order valence-corrected chi connectivity index (χ0v) is 11.0. The number of sulfone groups is 1. The molecule has 0 fully saturated rings. The summed E-state index contributed by atoms with van der Waals surface area (Å²) in [5.41, 5.74) is 1.64. The van der Waals surface area contributed by atoms with E-state index in [1.54, 1.807) is 6.07 Å². The Bertz CT molecular complexity index is 637. The second-order valence-corrected chi connectivity index (χ2v) is 6.68. The van der Waals surface area contributed by atoms with E-state index >= 15 is 0 Å². The molecule has 1 heterocycles. The molecule has 0 aliphatic heterocycles. The third kappa shape index (κ3) is 2.80. The van der Waals surface area contributed by atoms with Gasteiger partial charge in [0.1, 0.15) is 4.60 Å². The van der Waals surface area contributed by atoms with E-state index in [1.165, 1.54) is 6.26 Å². The van der Waals surface area contributed by atoms with Gasteiger partial charge in [-0.25, -0.2) is 13.4 Å². The Kier molecular flexibility index (Phi) is 2.99. The van der Waals surface area contributed by atoms with E-state index in [4.69, 9.17) is 0 Å². The van der Waals surface area contributed by atoms with Crippen molar-refractivity contribution in [1.29, 1.82) is 0 Å². The predicted octanol–water partition coefficient (Wildman–Crippen LogP) is 2.54. The molecule has 0 spiro atoms. The maximum Gasteiger partial charge on any atom is 0.151 e. The van der Waals surface area contributed by atoms with Crippen LogP contribution in [0.5, 0.6) is 0 Å². The van der Waals surface area contributed by atoms with E-state index in [-0.39, 0.29) is 5.75 Å². The number of pyridine rings is 1. The summed E-state index contributed by atoms with van der Waals surface area (Å²) < 4.78 is 23.1. The lowest BCUT2D eigenvalue weighted by atomic mass is 10.1. The summed E-state index contributed by atoms with van der Waals surface area (Å²) >= 11 is 3.29. The first-order chi connectivity index (χ1) is 7.44. The first-order valence-corrected chi connectivity index (χ1v) is 7.52. The molecule has 16 heavy (non-hydrogen) atoms. The lowest BCUT2D eigenvalue weighted by Gasteiger charge is -2.02. The summed E-state index contributed by atoms with van der Waals surface area (Å²) in [6.07, 6.45) is 1.23. The molecule has 2 aromatic rings. The van der Waals surface area contributed by atoms with Crippen molar-refractivity contribution in [2.24, 2.45) is 0 Å². The number of benzene rings is 1. The van der Waals surface area contributed by atoms with Crippen LogP contribution in [0.25, 0.3) is 10.9 Å². The number of aromatic nitrogens is 1. The second-order valence-electron chi connectivity index (χ2n) is 3.73. The number of nitrogens with zero attached hydrogens (tertiary/aromatic N) is 1. The zero-order valence-electron chi connectivity index (χ0n) is 8.64. The molecule has 1 aromatic heterocycles. The molecule has 0 saturated carbocycles. The highest BCUT2D eigenvalue weighted by molar-refractivity contribution is 9.10. The summed E-state index contributed by atoms with van der Waals surface area (Å²) in [4.78, 5) is 4.28. The third-order valence-corrected chi connectivity index (χ3v) is 3.45. The van der Waals surface area contributed by atoms with Crippen LogP contribution in [0.4, 0.5) is 0 Å². The molecule has 0 atom stereocenters. The fraction of sp³-hybridized carbons (Fsp3) is 0.182. The van der Waals surface area contributed by atoms with Crippen LogP contribution < -0.4 is 0 Å². The maximum atomic E-state index is 11.2. The highest BCUT2D eigenvalue weighted by atomic mass is 79.9. The van der Waals surface area contributed by atoms with Crippen LogP contribution in [0.3, 0.4) is 0 Å². The summed E-state index contributed by atoms with van der Waals surface area (Å²) in [5, 5.41) is 0.948. The minimum Gasteiger partial charge on any atom is -0.241 e. The zero-order chi connectivity index (χ0) is 11.8. The molecule has 0 unspecified atom stereocenters. The molecular weight excluding hydrogens is 290 g/mol. The topological polar surface area (TPSA) is 47.0 Å². The molecule has 0 aliphatic rings. The minimum atomic E-state index is -2.98. The van der Waals surface area contributed by atoms with E-state index < -0.39 is 9.84 Å². The molecule has 0 bridgehead atoms. The van der Waals surface area contributed by atoms with Crippen molar-refractivity contribution >= 4 is 36.7 Å². The van der Waals surface area contributed by atoms with Crippen LogP contribution >= 0.6 is 15.9 Å². The van der Waals surface area contributed by atoms with Gasteiger partial charge < -0.3 is 0 Å². The van der Waals surface area contributed by atoms with Crippen LogP contribution in [0, 0.1) is 0 Å². The van der Waals surface area contributed by atoms with Gasteiger partial charge in [0, 0.05) is 11.6 Å². The van der Waals surface area contributed by atoms with Gasteiger partial charge in [0.2, 0.25) is 0 Å². The number of rotatable bonds is 2. The monoisotopic (exact) mass is 299 g/mol. The van der Waals surface area contributed by atoms with Crippen molar-refractivity contribution in [3.05, 3.63) is 40.5 Å². The van der Waals surface area contributed by atoms with E-state index in [1.807, 2.05) is 24.3 Å². The number of hydrogen-bond acceptors (Lipinski definition) is 3. The summed E-state index contributed by atoms with van der Waals surface area (Å²) in [6.45, 7) is 0. The smallest absolute Gasteiger partial charge is 0.151 e. The van der Waals surface area contributed by atoms with Crippen molar-refractivity contribution in [2.75, 3.05) is 6.26 Å². The van der Waals surface area contributed by atoms with Crippen LogP contribution in [0.2, 0.25) is 0 Å². The van der Waals surface area contributed by atoms with Gasteiger partial charge in [-0.15, -0.1) is 0 Å². The molecule has 0 radical (unpaired) electrons. The standard InChI is InChI=1S/C11H10BrNO2S/c1-16(14,15)7-8-2-4-10-9(6-8)3-5-11(12)13-10/h2-6H,7H2,1H3. The third-order valence-electron chi connectivity index (χ3n) is 2.15. The van der Waals surface area contributed by atoms with Crippen LogP contribution in [0.1, 0.15) is 5.56 Å². The van der Waals surface area contributed by atoms with Gasteiger partial charge >= 0.3 is 0 Å². The van der Waals surface area contributed by atoms with Crippen LogP contribution in [0.15, 0.2) is 34.9 Å². The normalized spacial score (nSPS) is 11.9. The number of hydrogen-bond donors (Lipinski definition) is 0. The molecule has 0 N–H and O–H groups in total. The average molecular weight is 300 g/mol. The summed E-state index contributed by atoms with van der Waals surface area (Å²) in [7, 11) is -2.98. The molecule has 2 rings (SSSR count). The number of fused-ring (bicyclic) bond motifs is 1. The predicted molar refractivity (Wildman–Crippen MR) is 68.0 cm³/mol. The van der Waals surface area contributed by atoms with Gasteiger partial charge in [-0.1, -0.05) is 12.1 Å². The van der Waals surface area contributed by atoms with Crippen molar-refractivity contribution in [3.63, 3.8) is 0 Å². The van der Waals surface area contributed by atoms with Gasteiger partial charge in [0.05, 0.1) is 11.3 Å². The van der Waals surface area contributed by atoms with Gasteiger partial charge in [-0.3, -0.25) is 0 Å². The molecule has 0 aliphatic carbocycles. The van der Waals surface area contributed by atoms with Crippen LogP contribution in [-0.4, -0.2) is 19.7 Å². The first kappa shape index (κ1) is 11.5. The van der Waals surface area contributed by atoms with Gasteiger partial charge in [-0.05, 0) is 39.7 Å². The molecular formula is C11H10BrNO2S. The van der Waals surface area contributed by atoms with Crippen molar-refractivity contribution < 1.29 is 8.42 Å². The summed E-state index contributed by atoms with van der Waals surface area (Å²) in [5.74, 6) is 0.0685.